The second-order valence-corrected chi connectivity index (χ2v) is 5.96. The van der Waals surface area contributed by atoms with Gasteiger partial charge in [-0.05, 0) is 37.5 Å². The molecule has 0 heterocycles. The average Bonchev–Trinajstić information content (AvgIpc) is 3.36. The van der Waals surface area contributed by atoms with Gasteiger partial charge in [-0.3, -0.25) is 9.69 Å². The fraction of sp³-hybridized carbons (Fsp3) is 0.529. The summed E-state index contributed by atoms with van der Waals surface area (Å²) >= 11 is 0. The zero-order valence-corrected chi connectivity index (χ0v) is 13.4. The quantitative estimate of drug-likeness (QED) is 0.776. The highest BCUT2D eigenvalue weighted by Gasteiger charge is 2.35. The van der Waals surface area contributed by atoms with E-state index >= 15 is 0 Å². The Morgan fingerprint density at radius 1 is 1.46 bits per heavy atom. The summed E-state index contributed by atoms with van der Waals surface area (Å²) < 4.78 is 38.6. The highest BCUT2D eigenvalue weighted by atomic mass is 19.4. The minimum Gasteiger partial charge on any atom is -0.354 e. The van der Waals surface area contributed by atoms with Crippen LogP contribution in [0.5, 0.6) is 0 Å². The lowest BCUT2D eigenvalue weighted by Crippen LogP contribution is -2.40. The summed E-state index contributed by atoms with van der Waals surface area (Å²) in [7, 11) is 0. The number of rotatable bonds is 7. The number of benzene rings is 1. The van der Waals surface area contributed by atoms with Crippen LogP contribution in [0.25, 0.3) is 0 Å². The molecule has 1 unspecified atom stereocenters. The first-order valence-corrected chi connectivity index (χ1v) is 7.89. The molecule has 4 nitrogen and oxygen atoms in total. The van der Waals surface area contributed by atoms with E-state index in [1.54, 1.807) is 6.07 Å². The Kier molecular flexibility index (Phi) is 5.84. The predicted octanol–water partition coefficient (Wildman–Crippen LogP) is 3.26. The lowest BCUT2D eigenvalue weighted by atomic mass is 10.0. The summed E-state index contributed by atoms with van der Waals surface area (Å²) in [5.41, 5.74) is -0.136. The number of nitriles is 1. The Morgan fingerprint density at radius 2 is 2.17 bits per heavy atom. The van der Waals surface area contributed by atoms with Gasteiger partial charge in [0, 0.05) is 18.6 Å². The molecule has 1 N–H and O–H groups in total. The van der Waals surface area contributed by atoms with E-state index in [0.29, 0.717) is 5.56 Å². The molecular weight excluding hydrogens is 319 g/mol. The number of carbonyl (C=O) groups excluding carboxylic acids is 1. The first-order chi connectivity index (χ1) is 11.3. The topological polar surface area (TPSA) is 56.1 Å². The number of halogens is 3. The summed E-state index contributed by atoms with van der Waals surface area (Å²) in [5, 5.41) is 11.1. The fourth-order valence-electron chi connectivity index (χ4n) is 2.63. The van der Waals surface area contributed by atoms with Crippen LogP contribution in [0.3, 0.4) is 0 Å². The van der Waals surface area contributed by atoms with Gasteiger partial charge < -0.3 is 5.32 Å². The van der Waals surface area contributed by atoms with Gasteiger partial charge >= 0.3 is 6.18 Å². The molecule has 0 aromatic heterocycles. The number of nitrogens with one attached hydrogen (secondary N) is 1. The van der Waals surface area contributed by atoms with Gasteiger partial charge in [0.25, 0.3) is 0 Å². The summed E-state index contributed by atoms with van der Waals surface area (Å²) in [4.78, 5) is 13.9. The van der Waals surface area contributed by atoms with Crippen LogP contribution >= 0.6 is 0 Å². The average molecular weight is 339 g/mol. The van der Waals surface area contributed by atoms with E-state index in [4.69, 9.17) is 5.26 Å². The van der Waals surface area contributed by atoms with Crippen LogP contribution in [0.15, 0.2) is 24.3 Å². The maximum Gasteiger partial charge on any atom is 0.416 e. The maximum absolute atomic E-state index is 12.9. The van der Waals surface area contributed by atoms with Crippen LogP contribution in [0.2, 0.25) is 0 Å². The summed E-state index contributed by atoms with van der Waals surface area (Å²) in [6, 6.07) is 7.12. The van der Waals surface area contributed by atoms with E-state index in [2.05, 4.69) is 5.32 Å². The molecule has 1 aliphatic rings. The monoisotopic (exact) mass is 339 g/mol. The van der Waals surface area contributed by atoms with Crippen LogP contribution in [0, 0.1) is 11.3 Å². The molecule has 1 saturated carbocycles. The molecule has 0 radical (unpaired) electrons. The van der Waals surface area contributed by atoms with Crippen LogP contribution in [0.1, 0.15) is 43.4 Å². The molecule has 1 aromatic rings. The van der Waals surface area contributed by atoms with Crippen LogP contribution in [-0.4, -0.2) is 29.9 Å². The Morgan fingerprint density at radius 3 is 2.75 bits per heavy atom. The molecule has 1 aliphatic carbocycles. The largest absolute Gasteiger partial charge is 0.416 e. The van der Waals surface area contributed by atoms with E-state index in [1.807, 2.05) is 17.9 Å². The Bertz CT molecular complexity index is 620. The number of alkyl halides is 3. The lowest BCUT2D eigenvalue weighted by Gasteiger charge is -2.29. The number of hydrogen-bond acceptors (Lipinski definition) is 3. The Balaban J connectivity index is 2.08. The van der Waals surface area contributed by atoms with Crippen molar-refractivity contribution in [1.82, 2.24) is 10.2 Å². The van der Waals surface area contributed by atoms with E-state index < -0.39 is 11.7 Å². The third kappa shape index (κ3) is 4.96. The van der Waals surface area contributed by atoms with E-state index in [1.165, 1.54) is 6.07 Å². The van der Waals surface area contributed by atoms with Gasteiger partial charge in [0.05, 0.1) is 24.6 Å². The smallest absolute Gasteiger partial charge is 0.354 e. The molecule has 0 spiro atoms. The molecule has 2 rings (SSSR count). The van der Waals surface area contributed by atoms with Crippen molar-refractivity contribution in [2.75, 3.05) is 13.1 Å². The molecule has 24 heavy (non-hydrogen) atoms. The number of carbonyl (C=O) groups is 1. The Labute approximate surface area is 139 Å². The van der Waals surface area contributed by atoms with Gasteiger partial charge in [-0.1, -0.05) is 12.1 Å². The van der Waals surface area contributed by atoms with E-state index in [9.17, 15) is 18.0 Å². The molecule has 0 saturated heterocycles. The van der Waals surface area contributed by atoms with Crippen molar-refractivity contribution in [2.45, 2.75) is 44.4 Å². The van der Waals surface area contributed by atoms with Crippen molar-refractivity contribution in [2.24, 2.45) is 0 Å². The zero-order chi connectivity index (χ0) is 17.7. The summed E-state index contributed by atoms with van der Waals surface area (Å²) in [5.74, 6) is -0.212. The van der Waals surface area contributed by atoms with Crippen molar-refractivity contribution in [1.29, 1.82) is 5.26 Å². The number of hydrogen-bond donors (Lipinski definition) is 1. The van der Waals surface area contributed by atoms with Gasteiger partial charge in [-0.25, -0.2) is 0 Å². The van der Waals surface area contributed by atoms with Gasteiger partial charge in [0.1, 0.15) is 0 Å². The molecule has 130 valence electrons. The van der Waals surface area contributed by atoms with E-state index in [-0.39, 0.29) is 37.5 Å². The molecule has 0 bridgehead atoms. The SMILES string of the molecule is CC(c1cccc(C(F)(F)F)c1)N(CC(=O)NCCC#N)C1CC1. The molecule has 1 aromatic carbocycles. The van der Waals surface area contributed by atoms with Crippen LogP contribution in [-0.2, 0) is 11.0 Å². The fourth-order valence-corrected chi connectivity index (χ4v) is 2.63. The first-order valence-electron chi connectivity index (χ1n) is 7.89. The molecular formula is C17H20F3N3O. The van der Waals surface area contributed by atoms with Gasteiger partial charge in [0.2, 0.25) is 5.91 Å². The van der Waals surface area contributed by atoms with Crippen molar-refractivity contribution in [3.05, 3.63) is 35.4 Å². The van der Waals surface area contributed by atoms with Crippen LogP contribution < -0.4 is 5.32 Å². The molecule has 1 atom stereocenters. The number of nitrogens with zero attached hydrogens (tertiary/aromatic N) is 2. The Hall–Kier alpha value is -2.07. The minimum atomic E-state index is -4.38. The first kappa shape index (κ1) is 18.3. The second-order valence-electron chi connectivity index (χ2n) is 5.96. The zero-order valence-electron chi connectivity index (χ0n) is 13.4. The lowest BCUT2D eigenvalue weighted by molar-refractivity contribution is -0.137. The molecule has 1 amide bonds. The van der Waals surface area contributed by atoms with Crippen LogP contribution in [0.4, 0.5) is 13.2 Å². The predicted molar refractivity (Wildman–Crippen MR) is 82.8 cm³/mol. The van der Waals surface area contributed by atoms with Crippen molar-refractivity contribution in [3.8, 4) is 6.07 Å². The third-order valence-corrected chi connectivity index (χ3v) is 4.09. The van der Waals surface area contributed by atoms with Gasteiger partial charge in [0.15, 0.2) is 0 Å². The second kappa shape index (κ2) is 7.67. The maximum atomic E-state index is 12.9. The van der Waals surface area contributed by atoms with Crippen molar-refractivity contribution < 1.29 is 18.0 Å². The summed E-state index contributed by atoms with van der Waals surface area (Å²) in [6.45, 7) is 2.22. The van der Waals surface area contributed by atoms with Gasteiger partial charge in [-0.15, -0.1) is 0 Å². The molecule has 1 fully saturated rings. The minimum absolute atomic E-state index is 0.119. The number of amides is 1. The van der Waals surface area contributed by atoms with Crippen molar-refractivity contribution >= 4 is 5.91 Å². The van der Waals surface area contributed by atoms with E-state index in [0.717, 1.165) is 25.0 Å². The highest BCUT2D eigenvalue weighted by molar-refractivity contribution is 5.78. The highest BCUT2D eigenvalue weighted by Crippen LogP contribution is 2.36. The normalized spacial score (nSPS) is 15.8. The molecule has 7 heteroatoms. The molecule has 0 aliphatic heterocycles. The third-order valence-electron chi connectivity index (χ3n) is 4.09. The standard InChI is InChI=1S/C17H20F3N3O/c1-12(13-4-2-5-14(10-13)17(18,19)20)23(15-6-7-15)11-16(24)22-9-3-8-21/h2,4-5,10,12,15H,3,6-7,9,11H2,1H3,(H,22,24). The summed E-state index contributed by atoms with van der Waals surface area (Å²) in [6.07, 6.45) is -2.27. The van der Waals surface area contributed by atoms with Crippen molar-refractivity contribution in [3.63, 3.8) is 0 Å². The van der Waals surface area contributed by atoms with Gasteiger partial charge in [-0.2, -0.15) is 18.4 Å².